The van der Waals surface area contributed by atoms with E-state index in [-0.39, 0.29) is 6.10 Å². The maximum atomic E-state index is 6.30. The molecular formula is C17H32N2O3. The van der Waals surface area contributed by atoms with Crippen molar-refractivity contribution in [1.82, 2.24) is 5.01 Å². The topological polar surface area (TPSA) is 43.3 Å². The van der Waals surface area contributed by atoms with Crippen LogP contribution in [-0.2, 0) is 14.2 Å². The van der Waals surface area contributed by atoms with Crippen molar-refractivity contribution in [3.8, 4) is 0 Å². The average Bonchev–Trinajstić information content (AvgIpc) is 2.80. The number of hydrazone groups is 1. The standard InChI is InChI=1S/C17H32N2O3/c1-12(2)17(6)15(13(3)21-16(4,5)22-17)18-19-10-8-9-14(19)11-20-7/h12-14H,8-11H2,1-7H3/b18-15+/t13-,14-,17-/m1/s1. The van der Waals surface area contributed by atoms with E-state index < -0.39 is 11.4 Å². The molecule has 0 aromatic heterocycles. The zero-order chi connectivity index (χ0) is 16.5. The summed E-state index contributed by atoms with van der Waals surface area (Å²) in [5.74, 6) is -0.269. The van der Waals surface area contributed by atoms with Gasteiger partial charge in [0.25, 0.3) is 0 Å². The second kappa shape index (κ2) is 6.46. The van der Waals surface area contributed by atoms with Crippen LogP contribution < -0.4 is 0 Å². The summed E-state index contributed by atoms with van der Waals surface area (Å²) >= 11 is 0. The van der Waals surface area contributed by atoms with E-state index in [1.807, 2.05) is 13.8 Å². The Morgan fingerprint density at radius 3 is 2.64 bits per heavy atom. The van der Waals surface area contributed by atoms with E-state index in [2.05, 4.69) is 32.7 Å². The lowest BCUT2D eigenvalue weighted by atomic mass is 9.83. The Hall–Kier alpha value is -0.650. The van der Waals surface area contributed by atoms with Crippen LogP contribution in [0.15, 0.2) is 5.10 Å². The molecule has 2 aliphatic heterocycles. The third-order valence-electron chi connectivity index (χ3n) is 4.86. The fraction of sp³-hybridized carbons (Fsp3) is 0.941. The minimum Gasteiger partial charge on any atom is -0.382 e. The summed E-state index contributed by atoms with van der Waals surface area (Å²) in [6.07, 6.45) is 2.23. The molecule has 0 bridgehead atoms. The van der Waals surface area contributed by atoms with E-state index in [9.17, 15) is 0 Å². The molecule has 2 fully saturated rings. The number of hydrogen-bond acceptors (Lipinski definition) is 5. The van der Waals surface area contributed by atoms with Crippen LogP contribution in [0.4, 0.5) is 0 Å². The van der Waals surface area contributed by atoms with Gasteiger partial charge in [-0.25, -0.2) is 0 Å². The normalized spacial score (nSPS) is 37.3. The molecule has 0 amide bonds. The molecular weight excluding hydrogens is 280 g/mol. The summed E-state index contributed by atoms with van der Waals surface area (Å²) in [4.78, 5) is 0. The Kier molecular flexibility index (Phi) is 5.20. The van der Waals surface area contributed by atoms with Crippen LogP contribution in [-0.4, -0.2) is 54.5 Å². The molecule has 5 heteroatoms. The highest BCUT2D eigenvalue weighted by atomic mass is 16.7. The maximum absolute atomic E-state index is 6.30. The molecule has 128 valence electrons. The monoisotopic (exact) mass is 312 g/mol. The lowest BCUT2D eigenvalue weighted by molar-refractivity contribution is -0.287. The van der Waals surface area contributed by atoms with Gasteiger partial charge < -0.3 is 14.2 Å². The quantitative estimate of drug-likeness (QED) is 0.800. The number of hydrogen-bond donors (Lipinski definition) is 0. The molecule has 3 atom stereocenters. The Morgan fingerprint density at radius 1 is 1.36 bits per heavy atom. The highest BCUT2D eigenvalue weighted by molar-refractivity contribution is 5.96. The Bertz CT molecular complexity index is 422. The highest BCUT2D eigenvalue weighted by Gasteiger charge is 2.49. The molecule has 2 saturated heterocycles. The van der Waals surface area contributed by atoms with Crippen molar-refractivity contribution in [2.45, 2.75) is 77.9 Å². The number of methoxy groups -OCH3 is 1. The van der Waals surface area contributed by atoms with Gasteiger partial charge in [-0.3, -0.25) is 5.01 Å². The zero-order valence-corrected chi connectivity index (χ0v) is 15.2. The number of rotatable bonds is 4. The molecule has 0 saturated carbocycles. The van der Waals surface area contributed by atoms with Crippen LogP contribution in [0.3, 0.4) is 0 Å². The van der Waals surface area contributed by atoms with Crippen LogP contribution >= 0.6 is 0 Å². The summed E-state index contributed by atoms with van der Waals surface area (Å²) < 4.78 is 17.7. The SMILES string of the molecule is COC[C@H]1CCCN1/N=C1\[C@@H](C)OC(C)(C)O[C@]1(C)C(C)C. The minimum absolute atomic E-state index is 0.0556. The van der Waals surface area contributed by atoms with E-state index in [0.717, 1.165) is 31.7 Å². The summed E-state index contributed by atoms with van der Waals surface area (Å²) in [6, 6.07) is 0.357. The van der Waals surface area contributed by atoms with Crippen molar-refractivity contribution in [1.29, 1.82) is 0 Å². The predicted molar refractivity (Wildman–Crippen MR) is 88.0 cm³/mol. The predicted octanol–water partition coefficient (Wildman–Crippen LogP) is 3.04. The van der Waals surface area contributed by atoms with Gasteiger partial charge in [-0.05, 0) is 46.5 Å². The molecule has 0 N–H and O–H groups in total. The Balaban J connectivity index is 2.31. The van der Waals surface area contributed by atoms with Gasteiger partial charge in [0, 0.05) is 13.7 Å². The molecule has 2 heterocycles. The molecule has 22 heavy (non-hydrogen) atoms. The summed E-state index contributed by atoms with van der Waals surface area (Å²) in [5, 5.41) is 7.14. The number of nitrogens with zero attached hydrogens (tertiary/aromatic N) is 2. The molecule has 0 aromatic carbocycles. The molecule has 0 aromatic rings. The third-order valence-corrected chi connectivity index (χ3v) is 4.86. The largest absolute Gasteiger partial charge is 0.382 e. The van der Waals surface area contributed by atoms with E-state index in [1.165, 1.54) is 0 Å². The van der Waals surface area contributed by atoms with Crippen LogP contribution in [0, 0.1) is 5.92 Å². The summed E-state index contributed by atoms with van der Waals surface area (Å²) in [7, 11) is 1.75. The average molecular weight is 312 g/mol. The van der Waals surface area contributed by atoms with Gasteiger partial charge in [-0.1, -0.05) is 13.8 Å². The van der Waals surface area contributed by atoms with Crippen molar-refractivity contribution in [3.63, 3.8) is 0 Å². The van der Waals surface area contributed by atoms with E-state index in [4.69, 9.17) is 19.3 Å². The fourth-order valence-electron chi connectivity index (χ4n) is 3.52. The van der Waals surface area contributed by atoms with Crippen molar-refractivity contribution in [3.05, 3.63) is 0 Å². The minimum atomic E-state index is -0.589. The molecule has 2 aliphatic rings. The molecule has 5 nitrogen and oxygen atoms in total. The molecule has 2 rings (SSSR count). The summed E-state index contributed by atoms with van der Waals surface area (Å²) in [6.45, 7) is 14.2. The summed E-state index contributed by atoms with van der Waals surface area (Å²) in [5.41, 5.74) is 0.575. The lowest BCUT2D eigenvalue weighted by Gasteiger charge is -2.49. The maximum Gasteiger partial charge on any atom is 0.164 e. The first kappa shape index (κ1) is 17.7. The van der Waals surface area contributed by atoms with Gasteiger partial charge in [0.15, 0.2) is 5.79 Å². The molecule has 0 aliphatic carbocycles. The molecule has 0 unspecified atom stereocenters. The zero-order valence-electron chi connectivity index (χ0n) is 15.2. The van der Waals surface area contributed by atoms with Crippen LogP contribution in [0.5, 0.6) is 0 Å². The number of ether oxygens (including phenoxy) is 3. The van der Waals surface area contributed by atoms with Crippen LogP contribution in [0.25, 0.3) is 0 Å². The van der Waals surface area contributed by atoms with Crippen molar-refractivity contribution in [2.24, 2.45) is 11.0 Å². The second-order valence-corrected chi connectivity index (χ2v) is 7.42. The van der Waals surface area contributed by atoms with Gasteiger partial charge in [-0.2, -0.15) is 5.10 Å². The lowest BCUT2D eigenvalue weighted by Crippen LogP contribution is -2.60. The van der Waals surface area contributed by atoms with E-state index in [0.29, 0.717) is 12.0 Å². The van der Waals surface area contributed by atoms with Crippen LogP contribution in [0.2, 0.25) is 0 Å². The first-order chi connectivity index (χ1) is 10.2. The van der Waals surface area contributed by atoms with Gasteiger partial charge in [0.05, 0.1) is 18.4 Å². The van der Waals surface area contributed by atoms with Crippen LogP contribution in [0.1, 0.15) is 54.4 Å². The second-order valence-electron chi connectivity index (χ2n) is 7.42. The molecule has 0 radical (unpaired) electrons. The van der Waals surface area contributed by atoms with Crippen molar-refractivity contribution >= 4 is 5.71 Å². The smallest absolute Gasteiger partial charge is 0.164 e. The molecule has 0 spiro atoms. The van der Waals surface area contributed by atoms with Gasteiger partial charge >= 0.3 is 0 Å². The van der Waals surface area contributed by atoms with Crippen molar-refractivity contribution < 1.29 is 14.2 Å². The van der Waals surface area contributed by atoms with Gasteiger partial charge in [0.2, 0.25) is 0 Å². The highest BCUT2D eigenvalue weighted by Crippen LogP contribution is 2.37. The fourth-order valence-corrected chi connectivity index (χ4v) is 3.52. The van der Waals surface area contributed by atoms with E-state index >= 15 is 0 Å². The first-order valence-electron chi connectivity index (χ1n) is 8.42. The van der Waals surface area contributed by atoms with E-state index in [1.54, 1.807) is 7.11 Å². The van der Waals surface area contributed by atoms with Gasteiger partial charge in [-0.15, -0.1) is 0 Å². The van der Waals surface area contributed by atoms with Gasteiger partial charge in [0.1, 0.15) is 11.7 Å². The Labute approximate surface area is 135 Å². The van der Waals surface area contributed by atoms with Crippen molar-refractivity contribution in [2.75, 3.05) is 20.3 Å². The third kappa shape index (κ3) is 3.47. The first-order valence-corrected chi connectivity index (χ1v) is 8.42. The Morgan fingerprint density at radius 2 is 2.05 bits per heavy atom.